The van der Waals surface area contributed by atoms with Crippen LogP contribution in [0.4, 0.5) is 8.78 Å². The highest BCUT2D eigenvalue weighted by molar-refractivity contribution is 5.98. The van der Waals surface area contributed by atoms with E-state index in [1.807, 2.05) is 0 Å². The maximum atomic E-state index is 13.1. The number of carbonyl (C=O) groups is 2. The van der Waals surface area contributed by atoms with E-state index in [2.05, 4.69) is 5.32 Å². The minimum Gasteiger partial charge on any atom is -0.353 e. The number of nitrogens with zero attached hydrogens (tertiary/aromatic N) is 1. The van der Waals surface area contributed by atoms with Gasteiger partial charge in [0.2, 0.25) is 5.91 Å². The third kappa shape index (κ3) is 2.72. The Morgan fingerprint density at radius 3 is 2.58 bits per heavy atom. The molecule has 1 unspecified atom stereocenters. The normalized spacial score (nSPS) is 19.2. The lowest BCUT2D eigenvalue weighted by atomic mass is 10.1. The maximum absolute atomic E-state index is 13.1. The van der Waals surface area contributed by atoms with Gasteiger partial charge in [-0.05, 0) is 18.6 Å². The largest absolute Gasteiger partial charge is 0.353 e. The summed E-state index contributed by atoms with van der Waals surface area (Å²) in [5.74, 6) is -2.38. The lowest BCUT2D eigenvalue weighted by Crippen LogP contribution is -2.56. The van der Waals surface area contributed by atoms with Crippen molar-refractivity contribution in [1.29, 1.82) is 0 Å². The minimum atomic E-state index is -0.808. The lowest BCUT2D eigenvalue weighted by molar-refractivity contribution is -0.127. The molecule has 1 aliphatic heterocycles. The van der Waals surface area contributed by atoms with Crippen LogP contribution < -0.4 is 5.32 Å². The van der Waals surface area contributed by atoms with Crippen LogP contribution in [0.5, 0.6) is 0 Å². The quantitative estimate of drug-likeness (QED) is 0.879. The van der Waals surface area contributed by atoms with Gasteiger partial charge in [-0.25, -0.2) is 8.78 Å². The molecule has 1 fully saturated rings. The number of amides is 2. The van der Waals surface area contributed by atoms with Gasteiger partial charge in [0.1, 0.15) is 17.7 Å². The monoisotopic (exact) mass is 268 g/mol. The standard InChI is InChI=1S/C13H14F2N2O2/c1-2-11-12(18)16-3-4-17(11)13(19)8-5-9(14)7-10(15)6-8/h5-7,11H,2-4H2,1H3,(H,16,18). The van der Waals surface area contributed by atoms with Gasteiger partial charge < -0.3 is 10.2 Å². The molecule has 4 nitrogen and oxygen atoms in total. The fourth-order valence-corrected chi connectivity index (χ4v) is 2.21. The van der Waals surface area contributed by atoms with E-state index in [4.69, 9.17) is 0 Å². The molecule has 0 radical (unpaired) electrons. The van der Waals surface area contributed by atoms with Crippen LogP contribution in [-0.2, 0) is 4.79 Å². The molecule has 102 valence electrons. The van der Waals surface area contributed by atoms with Gasteiger partial charge in [-0.2, -0.15) is 0 Å². The first-order chi connectivity index (χ1) is 9.02. The maximum Gasteiger partial charge on any atom is 0.254 e. The molecule has 2 amide bonds. The SMILES string of the molecule is CCC1C(=O)NCCN1C(=O)c1cc(F)cc(F)c1. The highest BCUT2D eigenvalue weighted by atomic mass is 19.1. The lowest BCUT2D eigenvalue weighted by Gasteiger charge is -2.34. The predicted octanol–water partition coefficient (Wildman–Crippen LogP) is 1.32. The van der Waals surface area contributed by atoms with E-state index in [1.165, 1.54) is 4.90 Å². The van der Waals surface area contributed by atoms with E-state index in [-0.39, 0.29) is 11.5 Å². The van der Waals surface area contributed by atoms with E-state index in [0.29, 0.717) is 25.6 Å². The van der Waals surface area contributed by atoms with Gasteiger partial charge in [0.25, 0.3) is 5.91 Å². The van der Waals surface area contributed by atoms with Crippen LogP contribution >= 0.6 is 0 Å². The van der Waals surface area contributed by atoms with Gasteiger partial charge in [-0.1, -0.05) is 6.92 Å². The van der Waals surface area contributed by atoms with Gasteiger partial charge in [-0.3, -0.25) is 9.59 Å². The molecule has 0 aliphatic carbocycles. The molecule has 1 aliphatic rings. The predicted molar refractivity (Wildman–Crippen MR) is 64.5 cm³/mol. The number of nitrogens with one attached hydrogen (secondary N) is 1. The Morgan fingerprint density at radius 1 is 1.37 bits per heavy atom. The highest BCUT2D eigenvalue weighted by Gasteiger charge is 2.32. The molecule has 1 aromatic carbocycles. The molecular weight excluding hydrogens is 254 g/mol. The Bertz CT molecular complexity index is 499. The Kier molecular flexibility index (Phi) is 3.78. The summed E-state index contributed by atoms with van der Waals surface area (Å²) in [6.07, 6.45) is 0.454. The van der Waals surface area contributed by atoms with E-state index in [0.717, 1.165) is 12.1 Å². The number of carbonyl (C=O) groups excluding carboxylic acids is 2. The second kappa shape index (κ2) is 5.34. The van der Waals surface area contributed by atoms with Crippen LogP contribution in [0.2, 0.25) is 0 Å². The number of hydrogen-bond acceptors (Lipinski definition) is 2. The summed E-state index contributed by atoms with van der Waals surface area (Å²) in [5.41, 5.74) is -0.0781. The summed E-state index contributed by atoms with van der Waals surface area (Å²) in [4.78, 5) is 25.2. The summed E-state index contributed by atoms with van der Waals surface area (Å²) in [7, 11) is 0. The Morgan fingerprint density at radius 2 is 2.00 bits per heavy atom. The fraction of sp³-hybridized carbons (Fsp3) is 0.385. The van der Waals surface area contributed by atoms with E-state index < -0.39 is 23.6 Å². The van der Waals surface area contributed by atoms with Gasteiger partial charge in [0.15, 0.2) is 0 Å². The van der Waals surface area contributed by atoms with Crippen LogP contribution in [0.15, 0.2) is 18.2 Å². The molecule has 1 N–H and O–H groups in total. The zero-order chi connectivity index (χ0) is 14.0. The van der Waals surface area contributed by atoms with Gasteiger partial charge in [0.05, 0.1) is 0 Å². The van der Waals surface area contributed by atoms with Crippen LogP contribution in [0.25, 0.3) is 0 Å². The summed E-state index contributed by atoms with van der Waals surface area (Å²) in [6.45, 7) is 2.46. The molecular formula is C13H14F2N2O2. The van der Waals surface area contributed by atoms with Crippen molar-refractivity contribution in [3.8, 4) is 0 Å². The Labute approximate surface area is 109 Å². The first-order valence-electron chi connectivity index (χ1n) is 6.07. The van der Waals surface area contributed by atoms with Gasteiger partial charge in [0, 0.05) is 24.7 Å². The molecule has 1 heterocycles. The van der Waals surface area contributed by atoms with Crippen molar-refractivity contribution in [2.45, 2.75) is 19.4 Å². The topological polar surface area (TPSA) is 49.4 Å². The van der Waals surface area contributed by atoms with Crippen LogP contribution in [0.1, 0.15) is 23.7 Å². The molecule has 1 aromatic rings. The van der Waals surface area contributed by atoms with Crippen molar-refractivity contribution in [2.75, 3.05) is 13.1 Å². The summed E-state index contributed by atoms with van der Waals surface area (Å²) < 4.78 is 26.2. The van der Waals surface area contributed by atoms with Crippen LogP contribution in [0.3, 0.4) is 0 Å². The zero-order valence-corrected chi connectivity index (χ0v) is 10.5. The van der Waals surface area contributed by atoms with Crippen molar-refractivity contribution in [1.82, 2.24) is 10.2 Å². The Hall–Kier alpha value is -1.98. The van der Waals surface area contributed by atoms with Crippen molar-refractivity contribution >= 4 is 11.8 Å². The molecule has 0 aromatic heterocycles. The highest BCUT2D eigenvalue weighted by Crippen LogP contribution is 2.15. The summed E-state index contributed by atoms with van der Waals surface area (Å²) in [6, 6.07) is 2.07. The zero-order valence-electron chi connectivity index (χ0n) is 10.5. The molecule has 6 heteroatoms. The molecule has 2 rings (SSSR count). The molecule has 0 spiro atoms. The van der Waals surface area contributed by atoms with Gasteiger partial charge >= 0.3 is 0 Å². The number of rotatable bonds is 2. The second-order valence-electron chi connectivity index (χ2n) is 4.37. The van der Waals surface area contributed by atoms with Crippen LogP contribution in [0, 0.1) is 11.6 Å². The smallest absolute Gasteiger partial charge is 0.254 e. The molecule has 1 saturated heterocycles. The first kappa shape index (κ1) is 13.5. The first-order valence-corrected chi connectivity index (χ1v) is 6.07. The molecule has 0 saturated carbocycles. The van der Waals surface area contributed by atoms with Gasteiger partial charge in [-0.15, -0.1) is 0 Å². The third-order valence-electron chi connectivity index (χ3n) is 3.09. The number of piperazine rings is 1. The van der Waals surface area contributed by atoms with Crippen molar-refractivity contribution < 1.29 is 18.4 Å². The molecule has 1 atom stereocenters. The molecule has 19 heavy (non-hydrogen) atoms. The Balaban J connectivity index is 2.29. The summed E-state index contributed by atoms with van der Waals surface area (Å²) >= 11 is 0. The van der Waals surface area contributed by atoms with Crippen molar-refractivity contribution in [3.63, 3.8) is 0 Å². The number of halogens is 2. The average Bonchev–Trinajstić information content (AvgIpc) is 2.36. The number of benzene rings is 1. The average molecular weight is 268 g/mol. The minimum absolute atomic E-state index is 0.0781. The molecule has 0 bridgehead atoms. The number of hydrogen-bond donors (Lipinski definition) is 1. The van der Waals surface area contributed by atoms with Crippen molar-refractivity contribution in [3.05, 3.63) is 35.4 Å². The van der Waals surface area contributed by atoms with E-state index in [1.54, 1.807) is 6.92 Å². The second-order valence-corrected chi connectivity index (χ2v) is 4.37. The van der Waals surface area contributed by atoms with Crippen molar-refractivity contribution in [2.24, 2.45) is 0 Å². The van der Waals surface area contributed by atoms with E-state index >= 15 is 0 Å². The van der Waals surface area contributed by atoms with Crippen LogP contribution in [-0.4, -0.2) is 35.8 Å². The third-order valence-corrected chi connectivity index (χ3v) is 3.09. The van der Waals surface area contributed by atoms with E-state index in [9.17, 15) is 18.4 Å². The fourth-order valence-electron chi connectivity index (χ4n) is 2.21. The summed E-state index contributed by atoms with van der Waals surface area (Å²) in [5, 5.41) is 2.66.